The van der Waals surface area contributed by atoms with Gasteiger partial charge in [-0.2, -0.15) is 5.10 Å². The van der Waals surface area contributed by atoms with Gasteiger partial charge in [-0.1, -0.05) is 11.6 Å². The lowest BCUT2D eigenvalue weighted by molar-refractivity contribution is 0.606. The summed E-state index contributed by atoms with van der Waals surface area (Å²) in [6.45, 7) is 1.83. The SMILES string of the molecule is CC1(Cl)C=CC=NN1. The van der Waals surface area contributed by atoms with Gasteiger partial charge in [0.1, 0.15) is 5.00 Å². The molecule has 0 saturated heterocycles. The van der Waals surface area contributed by atoms with Gasteiger partial charge in [0.25, 0.3) is 0 Å². The molecule has 1 unspecified atom stereocenters. The average Bonchev–Trinajstić information content (AvgIpc) is 1.65. The van der Waals surface area contributed by atoms with Crippen molar-refractivity contribution in [3.8, 4) is 0 Å². The largest absolute Gasteiger partial charge is 0.286 e. The van der Waals surface area contributed by atoms with E-state index in [0.717, 1.165) is 0 Å². The van der Waals surface area contributed by atoms with Crippen LogP contribution in [0.4, 0.5) is 0 Å². The summed E-state index contributed by atoms with van der Waals surface area (Å²) in [5.41, 5.74) is 2.71. The molecule has 0 spiro atoms. The van der Waals surface area contributed by atoms with Crippen molar-refractivity contribution in [3.05, 3.63) is 12.2 Å². The lowest BCUT2D eigenvalue weighted by atomic mass is 10.3. The van der Waals surface area contributed by atoms with Crippen LogP contribution in [0.15, 0.2) is 17.3 Å². The van der Waals surface area contributed by atoms with Crippen molar-refractivity contribution in [2.24, 2.45) is 5.10 Å². The summed E-state index contributed by atoms with van der Waals surface area (Å²) in [7, 11) is 0. The van der Waals surface area contributed by atoms with Gasteiger partial charge in [0.2, 0.25) is 0 Å². The summed E-state index contributed by atoms with van der Waals surface area (Å²) in [5, 5.41) is 3.74. The third kappa shape index (κ3) is 1.23. The molecule has 3 heteroatoms. The molecule has 8 heavy (non-hydrogen) atoms. The fraction of sp³-hybridized carbons (Fsp3) is 0.400. The van der Waals surface area contributed by atoms with Crippen LogP contribution in [0, 0.1) is 0 Å². The number of rotatable bonds is 0. The molecule has 0 fully saturated rings. The molecule has 0 aromatic rings. The molecule has 1 heterocycles. The van der Waals surface area contributed by atoms with Crippen LogP contribution < -0.4 is 5.43 Å². The number of halogens is 1. The fourth-order valence-electron chi connectivity index (χ4n) is 0.468. The van der Waals surface area contributed by atoms with E-state index in [2.05, 4.69) is 10.5 Å². The summed E-state index contributed by atoms with van der Waals surface area (Å²) in [4.78, 5) is -0.477. The maximum atomic E-state index is 5.76. The Morgan fingerprint density at radius 2 is 2.50 bits per heavy atom. The van der Waals surface area contributed by atoms with Gasteiger partial charge in [0.05, 0.1) is 0 Å². The molecule has 0 bridgehead atoms. The maximum absolute atomic E-state index is 5.76. The fourth-order valence-corrected chi connectivity index (χ4v) is 0.589. The van der Waals surface area contributed by atoms with Gasteiger partial charge in [0, 0.05) is 6.21 Å². The second kappa shape index (κ2) is 1.78. The zero-order valence-corrected chi connectivity index (χ0v) is 5.31. The standard InChI is InChI=1S/C5H7ClN2/c1-5(6)3-2-4-7-8-5/h2-4,8H,1H3. The van der Waals surface area contributed by atoms with Gasteiger partial charge in [-0.3, -0.25) is 5.43 Å². The molecule has 1 aliphatic heterocycles. The molecule has 0 saturated carbocycles. The molecule has 1 rings (SSSR count). The number of hydrogen-bond donors (Lipinski definition) is 1. The second-order valence-electron chi connectivity index (χ2n) is 1.82. The van der Waals surface area contributed by atoms with Crippen LogP contribution in [0.5, 0.6) is 0 Å². The number of hydrazone groups is 1. The van der Waals surface area contributed by atoms with Gasteiger partial charge in [-0.05, 0) is 19.1 Å². The molecule has 0 aromatic carbocycles. The van der Waals surface area contributed by atoms with Crippen LogP contribution >= 0.6 is 11.6 Å². The van der Waals surface area contributed by atoms with E-state index >= 15 is 0 Å². The highest BCUT2D eigenvalue weighted by molar-refractivity contribution is 6.25. The summed E-state index contributed by atoms with van der Waals surface area (Å²) < 4.78 is 0. The van der Waals surface area contributed by atoms with E-state index in [1.807, 2.05) is 19.1 Å². The van der Waals surface area contributed by atoms with E-state index in [1.54, 1.807) is 6.21 Å². The normalized spacial score (nSPS) is 34.8. The molecule has 1 atom stereocenters. The van der Waals surface area contributed by atoms with Gasteiger partial charge >= 0.3 is 0 Å². The van der Waals surface area contributed by atoms with Crippen molar-refractivity contribution >= 4 is 17.8 Å². The van der Waals surface area contributed by atoms with Crippen molar-refractivity contribution in [1.29, 1.82) is 0 Å². The molecule has 44 valence electrons. The molecule has 0 aliphatic carbocycles. The zero-order chi connectivity index (χ0) is 6.04. The smallest absolute Gasteiger partial charge is 0.144 e. The van der Waals surface area contributed by atoms with Gasteiger partial charge in [-0.15, -0.1) is 0 Å². The first-order valence-corrected chi connectivity index (χ1v) is 2.75. The molecule has 0 aromatic heterocycles. The van der Waals surface area contributed by atoms with Crippen LogP contribution in [-0.2, 0) is 0 Å². The van der Waals surface area contributed by atoms with Gasteiger partial charge < -0.3 is 0 Å². The van der Waals surface area contributed by atoms with Crippen LogP contribution in [-0.4, -0.2) is 11.2 Å². The topological polar surface area (TPSA) is 24.4 Å². The Kier molecular flexibility index (Phi) is 1.26. The number of allylic oxidation sites excluding steroid dienone is 1. The lowest BCUT2D eigenvalue weighted by Crippen LogP contribution is -2.31. The van der Waals surface area contributed by atoms with Crippen molar-refractivity contribution in [1.82, 2.24) is 5.43 Å². The Hall–Kier alpha value is -0.500. The highest BCUT2D eigenvalue weighted by Crippen LogP contribution is 2.12. The Morgan fingerprint density at radius 1 is 1.75 bits per heavy atom. The summed E-state index contributed by atoms with van der Waals surface area (Å²) in [6.07, 6.45) is 5.30. The van der Waals surface area contributed by atoms with Gasteiger partial charge in [-0.25, -0.2) is 0 Å². The van der Waals surface area contributed by atoms with E-state index in [0.29, 0.717) is 0 Å². The minimum atomic E-state index is -0.477. The van der Waals surface area contributed by atoms with Crippen molar-refractivity contribution < 1.29 is 0 Å². The minimum absolute atomic E-state index is 0.477. The number of nitrogens with one attached hydrogen (secondary N) is 1. The van der Waals surface area contributed by atoms with Crippen LogP contribution in [0.3, 0.4) is 0 Å². The highest BCUT2D eigenvalue weighted by Gasteiger charge is 2.15. The predicted molar refractivity (Wildman–Crippen MR) is 35.0 cm³/mol. The van der Waals surface area contributed by atoms with E-state index in [4.69, 9.17) is 11.6 Å². The molecule has 2 nitrogen and oxygen atoms in total. The lowest BCUT2D eigenvalue weighted by Gasteiger charge is -2.18. The summed E-state index contributed by atoms with van der Waals surface area (Å²) in [5.74, 6) is 0. The Balaban J connectivity index is 2.65. The Labute approximate surface area is 53.2 Å². The van der Waals surface area contributed by atoms with Crippen molar-refractivity contribution in [3.63, 3.8) is 0 Å². The molecule has 1 N–H and O–H groups in total. The maximum Gasteiger partial charge on any atom is 0.144 e. The highest BCUT2D eigenvalue weighted by atomic mass is 35.5. The van der Waals surface area contributed by atoms with Crippen LogP contribution in [0.2, 0.25) is 0 Å². The Morgan fingerprint density at radius 3 is 2.75 bits per heavy atom. The van der Waals surface area contributed by atoms with Crippen LogP contribution in [0.25, 0.3) is 0 Å². The number of alkyl halides is 1. The molecular weight excluding hydrogens is 124 g/mol. The van der Waals surface area contributed by atoms with E-state index < -0.39 is 5.00 Å². The molecular formula is C5H7ClN2. The van der Waals surface area contributed by atoms with E-state index in [-0.39, 0.29) is 0 Å². The monoisotopic (exact) mass is 130 g/mol. The van der Waals surface area contributed by atoms with Gasteiger partial charge in [0.15, 0.2) is 0 Å². The second-order valence-corrected chi connectivity index (χ2v) is 2.61. The van der Waals surface area contributed by atoms with E-state index in [9.17, 15) is 0 Å². The third-order valence-electron chi connectivity index (χ3n) is 0.853. The molecule has 1 aliphatic rings. The zero-order valence-electron chi connectivity index (χ0n) is 4.56. The quantitative estimate of drug-likeness (QED) is 0.385. The summed E-state index contributed by atoms with van der Waals surface area (Å²) in [6, 6.07) is 0. The molecule has 0 radical (unpaired) electrons. The number of nitrogens with zero attached hydrogens (tertiary/aromatic N) is 1. The predicted octanol–water partition coefficient (Wildman–Crippen LogP) is 1.09. The first kappa shape index (κ1) is 5.63. The number of hydrogen-bond acceptors (Lipinski definition) is 2. The van der Waals surface area contributed by atoms with Crippen LogP contribution in [0.1, 0.15) is 6.92 Å². The van der Waals surface area contributed by atoms with Crippen molar-refractivity contribution in [2.45, 2.75) is 11.9 Å². The summed E-state index contributed by atoms with van der Waals surface area (Å²) >= 11 is 5.76. The minimum Gasteiger partial charge on any atom is -0.286 e. The first-order chi connectivity index (χ1) is 3.71. The third-order valence-corrected chi connectivity index (χ3v) is 1.06. The average molecular weight is 131 g/mol. The molecule has 0 amide bonds. The van der Waals surface area contributed by atoms with Crippen molar-refractivity contribution in [2.75, 3.05) is 0 Å². The first-order valence-electron chi connectivity index (χ1n) is 2.38. The Bertz CT molecular complexity index is 137. The van der Waals surface area contributed by atoms with E-state index in [1.165, 1.54) is 0 Å².